The van der Waals surface area contributed by atoms with E-state index in [-0.39, 0.29) is 0 Å². The zero-order chi connectivity index (χ0) is 14.7. The van der Waals surface area contributed by atoms with E-state index in [4.69, 9.17) is 4.74 Å². The Morgan fingerprint density at radius 2 is 2.16 bits per heavy atom. The molecule has 0 aromatic rings. The molecule has 2 N–H and O–H groups in total. The Bertz CT molecular complexity index is 390. The van der Waals surface area contributed by atoms with Crippen LogP contribution in [0.2, 0.25) is 0 Å². The number of rotatable bonds is 5. The first-order valence-electron chi connectivity index (χ1n) is 6.61. The Hall–Kier alpha value is -1.61. The molecule has 0 bridgehead atoms. The van der Waals surface area contributed by atoms with Crippen molar-refractivity contribution in [3.8, 4) is 0 Å². The van der Waals surface area contributed by atoms with Crippen molar-refractivity contribution in [2.45, 2.75) is 26.2 Å². The highest BCUT2D eigenvalue weighted by Gasteiger charge is 2.16. The van der Waals surface area contributed by atoms with Crippen molar-refractivity contribution in [2.24, 2.45) is 10.7 Å². The highest BCUT2D eigenvalue weighted by atomic mass is 16.5. The van der Waals surface area contributed by atoms with Crippen molar-refractivity contribution in [3.05, 3.63) is 47.8 Å². The van der Waals surface area contributed by atoms with Gasteiger partial charge in [0.15, 0.2) is 0 Å². The molecule has 1 aliphatic heterocycles. The lowest BCUT2D eigenvalue weighted by Gasteiger charge is -2.22. The van der Waals surface area contributed by atoms with Crippen LogP contribution in [0, 0.1) is 0 Å². The topological polar surface area (TPSA) is 47.6 Å². The summed E-state index contributed by atoms with van der Waals surface area (Å²) in [4.78, 5) is 3.97. The minimum atomic E-state index is 0.768. The zero-order valence-corrected chi connectivity index (χ0v) is 12.4. The molecule has 3 heteroatoms. The monoisotopic (exact) mass is 262 g/mol. The summed E-state index contributed by atoms with van der Waals surface area (Å²) in [7, 11) is 3.26. The molecule has 106 valence electrons. The molecule has 0 amide bonds. The van der Waals surface area contributed by atoms with Gasteiger partial charge < -0.3 is 10.5 Å². The number of hydrogen-bond acceptors (Lipinski definition) is 3. The second kappa shape index (κ2) is 10.3. The molecule has 0 fully saturated rings. The quantitative estimate of drug-likeness (QED) is 0.609. The molecule has 0 aromatic carbocycles. The summed E-state index contributed by atoms with van der Waals surface area (Å²) < 4.78 is 5.73. The summed E-state index contributed by atoms with van der Waals surface area (Å²) in [5.74, 6) is 0.906. The lowest BCUT2D eigenvalue weighted by molar-refractivity contribution is 0.198. The summed E-state index contributed by atoms with van der Waals surface area (Å²) in [6, 6.07) is 0. The van der Waals surface area contributed by atoms with Crippen molar-refractivity contribution in [1.82, 2.24) is 0 Å². The Morgan fingerprint density at radius 1 is 1.47 bits per heavy atom. The largest absolute Gasteiger partial charge is 0.493 e. The van der Waals surface area contributed by atoms with Crippen molar-refractivity contribution in [1.29, 1.82) is 0 Å². The highest BCUT2D eigenvalue weighted by molar-refractivity contribution is 5.74. The van der Waals surface area contributed by atoms with Gasteiger partial charge in [0.2, 0.25) is 0 Å². The summed E-state index contributed by atoms with van der Waals surface area (Å²) in [5.41, 5.74) is 7.78. The van der Waals surface area contributed by atoms with Crippen LogP contribution in [-0.2, 0) is 4.74 Å². The van der Waals surface area contributed by atoms with Crippen molar-refractivity contribution < 1.29 is 4.74 Å². The number of aliphatic imine (C=N–C) groups is 1. The first-order valence-corrected chi connectivity index (χ1v) is 6.61. The number of nitrogens with two attached hydrogens (primary N) is 1. The van der Waals surface area contributed by atoms with Crippen LogP contribution in [0.4, 0.5) is 0 Å². The molecule has 0 aliphatic carbocycles. The molecule has 0 atom stereocenters. The van der Waals surface area contributed by atoms with Crippen LogP contribution in [-0.4, -0.2) is 26.9 Å². The fourth-order valence-electron chi connectivity index (χ4n) is 1.86. The second-order valence-corrected chi connectivity index (χ2v) is 3.94. The lowest BCUT2D eigenvalue weighted by Crippen LogP contribution is -2.08. The maximum Gasteiger partial charge on any atom is 0.129 e. The van der Waals surface area contributed by atoms with Crippen LogP contribution in [0.15, 0.2) is 52.8 Å². The van der Waals surface area contributed by atoms with Crippen LogP contribution in [0.25, 0.3) is 0 Å². The van der Waals surface area contributed by atoms with E-state index in [1.807, 2.05) is 12.2 Å². The molecule has 0 aromatic heterocycles. The third-order valence-corrected chi connectivity index (χ3v) is 2.84. The maximum absolute atomic E-state index is 5.73. The molecule has 1 aliphatic rings. The summed E-state index contributed by atoms with van der Waals surface area (Å²) in [6.45, 7) is 10.9. The van der Waals surface area contributed by atoms with Gasteiger partial charge in [-0.25, -0.2) is 0 Å². The number of ether oxygens (including phenoxy) is 1. The van der Waals surface area contributed by atoms with E-state index in [1.165, 1.54) is 7.05 Å². The molecular weight excluding hydrogens is 236 g/mol. The average molecular weight is 262 g/mol. The van der Waals surface area contributed by atoms with Gasteiger partial charge in [0.1, 0.15) is 5.76 Å². The molecule has 0 unspecified atom stereocenters. The number of nitrogens with zero attached hydrogens (tertiary/aromatic N) is 1. The van der Waals surface area contributed by atoms with E-state index in [0.29, 0.717) is 0 Å². The van der Waals surface area contributed by atoms with E-state index in [0.717, 1.165) is 48.3 Å². The second-order valence-electron chi connectivity index (χ2n) is 3.94. The summed E-state index contributed by atoms with van der Waals surface area (Å²) in [5, 5.41) is 0. The number of allylic oxidation sites excluding steroid dienone is 4. The Balaban J connectivity index is 0.00000154. The Morgan fingerprint density at radius 3 is 2.68 bits per heavy atom. The fourth-order valence-corrected chi connectivity index (χ4v) is 1.86. The van der Waals surface area contributed by atoms with Gasteiger partial charge in [0.25, 0.3) is 0 Å². The molecule has 1 rings (SSSR count). The van der Waals surface area contributed by atoms with Crippen molar-refractivity contribution in [2.75, 3.05) is 20.7 Å². The predicted octanol–water partition coefficient (Wildman–Crippen LogP) is 3.41. The molecule has 1 heterocycles. The van der Waals surface area contributed by atoms with Crippen LogP contribution in [0.1, 0.15) is 26.2 Å². The predicted molar refractivity (Wildman–Crippen MR) is 84.5 cm³/mol. The van der Waals surface area contributed by atoms with Gasteiger partial charge in [0, 0.05) is 18.8 Å². The minimum absolute atomic E-state index is 0.768. The fraction of sp³-hybridized carbons (Fsp3) is 0.438. The van der Waals surface area contributed by atoms with Gasteiger partial charge in [-0.3, -0.25) is 4.99 Å². The van der Waals surface area contributed by atoms with Crippen molar-refractivity contribution >= 4 is 6.21 Å². The van der Waals surface area contributed by atoms with E-state index in [9.17, 15) is 0 Å². The normalized spacial score (nSPS) is 15.7. The van der Waals surface area contributed by atoms with Gasteiger partial charge >= 0.3 is 0 Å². The standard InChI is InChI=1S/C15H21NO.CH5N/c1-5-13(9-10-16-4)12(3)15-14(6-2)8-7-11-17-15;1-2/h6,9-10H,2-3,5,7-8,11H2,1,4H3;2H2,1H3/b13-9+,16-10?;. The SMILES string of the molecule is C=CC1=C(C(=C)/C(=C/C=NC)CC)OCCC1.CN. The molecular formula is C16H26N2O. The van der Waals surface area contributed by atoms with Crippen LogP contribution < -0.4 is 5.73 Å². The van der Waals surface area contributed by atoms with Crippen molar-refractivity contribution in [3.63, 3.8) is 0 Å². The summed E-state index contributed by atoms with van der Waals surface area (Å²) >= 11 is 0. The van der Waals surface area contributed by atoms with Crippen LogP contribution >= 0.6 is 0 Å². The molecule has 0 spiro atoms. The average Bonchev–Trinajstić information content (AvgIpc) is 2.49. The zero-order valence-electron chi connectivity index (χ0n) is 12.4. The highest BCUT2D eigenvalue weighted by Crippen LogP contribution is 2.29. The van der Waals surface area contributed by atoms with E-state index in [2.05, 4.69) is 30.8 Å². The summed E-state index contributed by atoms with van der Waals surface area (Å²) in [6.07, 6.45) is 8.66. The molecule has 0 saturated heterocycles. The van der Waals surface area contributed by atoms with E-state index in [1.54, 1.807) is 13.3 Å². The van der Waals surface area contributed by atoms with Crippen LogP contribution in [0.5, 0.6) is 0 Å². The maximum atomic E-state index is 5.73. The first kappa shape index (κ1) is 17.4. The van der Waals surface area contributed by atoms with E-state index < -0.39 is 0 Å². The molecule has 3 nitrogen and oxygen atoms in total. The number of hydrogen-bond donors (Lipinski definition) is 1. The van der Waals surface area contributed by atoms with Gasteiger partial charge in [-0.15, -0.1) is 0 Å². The third kappa shape index (κ3) is 5.26. The van der Waals surface area contributed by atoms with E-state index >= 15 is 0 Å². The van der Waals surface area contributed by atoms with Crippen LogP contribution in [0.3, 0.4) is 0 Å². The Kier molecular flexibility index (Phi) is 9.45. The smallest absolute Gasteiger partial charge is 0.129 e. The molecule has 0 radical (unpaired) electrons. The molecule has 19 heavy (non-hydrogen) atoms. The minimum Gasteiger partial charge on any atom is -0.493 e. The van der Waals surface area contributed by atoms with Gasteiger partial charge in [-0.1, -0.05) is 26.2 Å². The first-order chi connectivity index (χ1) is 9.24. The Labute approximate surface area is 117 Å². The van der Waals surface area contributed by atoms with Gasteiger partial charge in [0.05, 0.1) is 6.61 Å². The third-order valence-electron chi connectivity index (χ3n) is 2.84. The van der Waals surface area contributed by atoms with Gasteiger partial charge in [-0.2, -0.15) is 0 Å². The lowest BCUT2D eigenvalue weighted by atomic mass is 9.96. The van der Waals surface area contributed by atoms with Gasteiger partial charge in [-0.05, 0) is 43.5 Å². The molecule has 0 saturated carbocycles.